The Kier molecular flexibility index (Phi) is 3.50. The fourth-order valence-electron chi connectivity index (χ4n) is 2.87. The number of fused-ring (bicyclic) bond motifs is 3. The van der Waals surface area contributed by atoms with Gasteiger partial charge in [0, 0.05) is 18.8 Å². The maximum absolute atomic E-state index is 12.8. The highest BCUT2D eigenvalue weighted by Gasteiger charge is 2.22. The van der Waals surface area contributed by atoms with Crippen molar-refractivity contribution in [2.45, 2.75) is 12.5 Å². The Labute approximate surface area is 141 Å². The van der Waals surface area contributed by atoms with Crippen LogP contribution in [0.15, 0.2) is 59.9 Å². The van der Waals surface area contributed by atoms with Gasteiger partial charge in [0.2, 0.25) is 0 Å². The smallest absolute Gasteiger partial charge is 0.327 e. The van der Waals surface area contributed by atoms with E-state index in [0.29, 0.717) is 16.7 Å². The second kappa shape index (κ2) is 5.82. The normalized spacial score (nSPS) is 12.5. The highest BCUT2D eigenvalue weighted by Crippen LogP contribution is 2.16. The van der Waals surface area contributed by atoms with Crippen molar-refractivity contribution in [3.05, 3.63) is 71.0 Å². The predicted molar refractivity (Wildman–Crippen MR) is 89.4 cm³/mol. The zero-order valence-electron chi connectivity index (χ0n) is 13.0. The maximum atomic E-state index is 12.8. The molecule has 0 bridgehead atoms. The zero-order chi connectivity index (χ0) is 17.4. The molecule has 0 radical (unpaired) electrons. The average Bonchev–Trinajstić information content (AvgIpc) is 3.10. The SMILES string of the molecule is O=C(O)C(Cc1ccccc1)n1ccc2c(cnc3ncnn32)c1=O. The lowest BCUT2D eigenvalue weighted by Gasteiger charge is -2.16. The Morgan fingerprint density at radius 1 is 1.16 bits per heavy atom. The number of benzene rings is 1. The number of aromatic nitrogens is 5. The first kappa shape index (κ1) is 15.0. The lowest BCUT2D eigenvalue weighted by atomic mass is 10.1. The maximum Gasteiger partial charge on any atom is 0.327 e. The second-order valence-corrected chi connectivity index (χ2v) is 5.60. The van der Waals surface area contributed by atoms with E-state index in [1.807, 2.05) is 30.3 Å². The molecule has 4 rings (SSSR count). The first-order valence-electron chi connectivity index (χ1n) is 7.61. The first-order valence-corrected chi connectivity index (χ1v) is 7.61. The summed E-state index contributed by atoms with van der Waals surface area (Å²) < 4.78 is 2.68. The van der Waals surface area contributed by atoms with Gasteiger partial charge in [-0.25, -0.2) is 9.78 Å². The molecule has 0 saturated heterocycles. The van der Waals surface area contributed by atoms with E-state index < -0.39 is 17.6 Å². The average molecular weight is 335 g/mol. The first-order chi connectivity index (χ1) is 12.1. The molecule has 3 heterocycles. The van der Waals surface area contributed by atoms with Crippen LogP contribution in [-0.2, 0) is 11.2 Å². The van der Waals surface area contributed by atoms with Crippen LogP contribution in [0.3, 0.4) is 0 Å². The zero-order valence-corrected chi connectivity index (χ0v) is 13.0. The van der Waals surface area contributed by atoms with Crippen LogP contribution in [0.5, 0.6) is 0 Å². The van der Waals surface area contributed by atoms with Crippen molar-refractivity contribution in [1.82, 2.24) is 24.1 Å². The number of rotatable bonds is 4. The van der Waals surface area contributed by atoms with Crippen LogP contribution < -0.4 is 5.56 Å². The number of hydrogen-bond donors (Lipinski definition) is 1. The summed E-state index contributed by atoms with van der Waals surface area (Å²) in [7, 11) is 0. The van der Waals surface area contributed by atoms with Crippen LogP contribution in [0.1, 0.15) is 11.6 Å². The highest BCUT2D eigenvalue weighted by atomic mass is 16.4. The van der Waals surface area contributed by atoms with Gasteiger partial charge in [-0.15, -0.1) is 0 Å². The Hall–Kier alpha value is -3.55. The van der Waals surface area contributed by atoms with E-state index in [4.69, 9.17) is 0 Å². The third kappa shape index (κ3) is 2.53. The fraction of sp³-hybridized carbons (Fsp3) is 0.118. The molecule has 0 fully saturated rings. The molecule has 0 aliphatic carbocycles. The van der Waals surface area contributed by atoms with Gasteiger partial charge in [-0.2, -0.15) is 14.6 Å². The minimum absolute atomic E-state index is 0.209. The van der Waals surface area contributed by atoms with E-state index in [1.165, 1.54) is 27.8 Å². The van der Waals surface area contributed by atoms with E-state index in [2.05, 4.69) is 15.1 Å². The molecule has 0 spiro atoms. The summed E-state index contributed by atoms with van der Waals surface area (Å²) in [5.41, 5.74) is 0.949. The lowest BCUT2D eigenvalue weighted by Crippen LogP contribution is -2.31. The van der Waals surface area contributed by atoms with Crippen molar-refractivity contribution < 1.29 is 9.90 Å². The monoisotopic (exact) mass is 335 g/mol. The van der Waals surface area contributed by atoms with Gasteiger partial charge in [-0.1, -0.05) is 30.3 Å². The summed E-state index contributed by atoms with van der Waals surface area (Å²) in [5, 5.41) is 14.0. The molecular formula is C17H13N5O3. The summed E-state index contributed by atoms with van der Waals surface area (Å²) in [4.78, 5) is 32.7. The molecule has 0 amide bonds. The summed E-state index contributed by atoms with van der Waals surface area (Å²) in [6, 6.07) is 9.85. The van der Waals surface area contributed by atoms with Crippen molar-refractivity contribution >= 4 is 22.6 Å². The minimum atomic E-state index is -1.07. The van der Waals surface area contributed by atoms with Crippen LogP contribution in [-0.4, -0.2) is 35.2 Å². The van der Waals surface area contributed by atoms with Gasteiger partial charge < -0.3 is 9.67 Å². The van der Waals surface area contributed by atoms with Crippen LogP contribution >= 0.6 is 0 Å². The molecule has 8 nitrogen and oxygen atoms in total. The van der Waals surface area contributed by atoms with Crippen molar-refractivity contribution in [2.75, 3.05) is 0 Å². The van der Waals surface area contributed by atoms with Crippen molar-refractivity contribution in [2.24, 2.45) is 0 Å². The molecule has 8 heteroatoms. The molecule has 1 N–H and O–H groups in total. The predicted octanol–water partition coefficient (Wildman–Crippen LogP) is 1.31. The van der Waals surface area contributed by atoms with Gasteiger partial charge in [-0.3, -0.25) is 4.79 Å². The van der Waals surface area contributed by atoms with Crippen LogP contribution in [0.4, 0.5) is 0 Å². The summed E-state index contributed by atoms with van der Waals surface area (Å²) in [5.74, 6) is -0.691. The molecule has 0 aliphatic rings. The van der Waals surface area contributed by atoms with Gasteiger partial charge in [0.25, 0.3) is 11.3 Å². The number of aliphatic carboxylic acids is 1. The molecule has 3 aromatic heterocycles. The van der Waals surface area contributed by atoms with Crippen LogP contribution in [0, 0.1) is 0 Å². The molecule has 1 atom stereocenters. The van der Waals surface area contributed by atoms with E-state index in [9.17, 15) is 14.7 Å². The molecule has 1 unspecified atom stereocenters. The number of carboxylic acids is 1. The topological polar surface area (TPSA) is 102 Å². The van der Waals surface area contributed by atoms with Crippen molar-refractivity contribution in [3.8, 4) is 0 Å². The van der Waals surface area contributed by atoms with Gasteiger partial charge in [0.1, 0.15) is 12.4 Å². The van der Waals surface area contributed by atoms with Gasteiger partial charge in [-0.05, 0) is 11.6 Å². The van der Waals surface area contributed by atoms with Crippen molar-refractivity contribution in [3.63, 3.8) is 0 Å². The van der Waals surface area contributed by atoms with Gasteiger partial charge in [0.05, 0.1) is 10.9 Å². The van der Waals surface area contributed by atoms with Crippen LogP contribution in [0.2, 0.25) is 0 Å². The Morgan fingerprint density at radius 2 is 1.96 bits per heavy atom. The second-order valence-electron chi connectivity index (χ2n) is 5.60. The number of carbonyl (C=O) groups is 1. The number of hydrogen-bond acceptors (Lipinski definition) is 5. The third-order valence-electron chi connectivity index (χ3n) is 4.09. The molecule has 124 valence electrons. The van der Waals surface area contributed by atoms with E-state index in [-0.39, 0.29) is 6.42 Å². The molecule has 4 aromatic rings. The number of pyridine rings is 1. The van der Waals surface area contributed by atoms with E-state index in [0.717, 1.165) is 5.56 Å². The number of nitrogens with zero attached hydrogens (tertiary/aromatic N) is 5. The summed E-state index contributed by atoms with van der Waals surface area (Å²) in [6.45, 7) is 0. The molecular weight excluding hydrogens is 322 g/mol. The number of carboxylic acid groups (broad SMARTS) is 1. The standard InChI is InChI=1S/C17H13N5O3/c23-15-12-9-18-17-19-10-20-22(17)13(12)6-7-21(15)14(16(24)25)8-11-4-2-1-3-5-11/h1-7,9-10,14H,8H2,(H,24,25). The third-order valence-corrected chi connectivity index (χ3v) is 4.09. The Balaban J connectivity index is 1.86. The Morgan fingerprint density at radius 3 is 2.72 bits per heavy atom. The fourth-order valence-corrected chi connectivity index (χ4v) is 2.87. The molecule has 0 aliphatic heterocycles. The largest absolute Gasteiger partial charge is 0.480 e. The quantitative estimate of drug-likeness (QED) is 0.603. The molecule has 0 saturated carbocycles. The highest BCUT2D eigenvalue weighted by molar-refractivity contribution is 5.79. The lowest BCUT2D eigenvalue weighted by molar-refractivity contribution is -0.141. The van der Waals surface area contributed by atoms with E-state index in [1.54, 1.807) is 6.07 Å². The Bertz CT molecular complexity index is 1130. The van der Waals surface area contributed by atoms with E-state index >= 15 is 0 Å². The van der Waals surface area contributed by atoms with Crippen molar-refractivity contribution in [1.29, 1.82) is 0 Å². The minimum Gasteiger partial charge on any atom is -0.480 e. The molecule has 1 aromatic carbocycles. The van der Waals surface area contributed by atoms with Gasteiger partial charge in [0.15, 0.2) is 0 Å². The molecule has 25 heavy (non-hydrogen) atoms. The summed E-state index contributed by atoms with van der Waals surface area (Å²) >= 11 is 0. The summed E-state index contributed by atoms with van der Waals surface area (Å²) in [6.07, 6.45) is 4.44. The van der Waals surface area contributed by atoms with Crippen LogP contribution in [0.25, 0.3) is 16.7 Å². The van der Waals surface area contributed by atoms with Gasteiger partial charge >= 0.3 is 5.97 Å².